The summed E-state index contributed by atoms with van der Waals surface area (Å²) in [4.78, 5) is 40.4. The van der Waals surface area contributed by atoms with Gasteiger partial charge in [-0.05, 0) is 75.0 Å². The third-order valence-electron chi connectivity index (χ3n) is 6.75. The van der Waals surface area contributed by atoms with Crippen LogP contribution >= 0.6 is 0 Å². The number of carbonyl (C=O) groups is 4. The Kier molecular flexibility index (Phi) is 17.5. The van der Waals surface area contributed by atoms with Crippen molar-refractivity contribution in [3.05, 3.63) is 0 Å². The van der Waals surface area contributed by atoms with Gasteiger partial charge in [-0.1, -0.05) is 51.4 Å². The Labute approximate surface area is 215 Å². The fourth-order valence-electron chi connectivity index (χ4n) is 4.65. The van der Waals surface area contributed by atoms with Crippen molar-refractivity contribution >= 4 is 23.9 Å². The van der Waals surface area contributed by atoms with Crippen LogP contribution in [0.5, 0.6) is 0 Å². The van der Waals surface area contributed by atoms with Gasteiger partial charge in [0.05, 0.1) is 0 Å². The SMILES string of the molecule is O=C([O-])C1CCCC1.O=C([O-])C1CCCC1.O=C([O-])C1CCCC1.O=C([O-])C1CCCC1.[Zr+4]. The number of rotatable bonds is 4. The minimum atomic E-state index is -0.859. The Morgan fingerprint density at radius 1 is 0.364 bits per heavy atom. The van der Waals surface area contributed by atoms with Crippen LogP contribution in [0, 0.1) is 23.7 Å². The van der Waals surface area contributed by atoms with Crippen LogP contribution in [0.1, 0.15) is 103 Å². The topological polar surface area (TPSA) is 161 Å². The Bertz CT molecular complexity index is 481. The van der Waals surface area contributed by atoms with Crippen LogP contribution in [0.15, 0.2) is 0 Å². The van der Waals surface area contributed by atoms with E-state index in [1.165, 1.54) is 0 Å². The van der Waals surface area contributed by atoms with E-state index >= 15 is 0 Å². The molecule has 184 valence electrons. The predicted molar refractivity (Wildman–Crippen MR) is 108 cm³/mol. The molecule has 4 aliphatic carbocycles. The monoisotopic (exact) mass is 542 g/mol. The smallest absolute Gasteiger partial charge is 0.550 e. The molecule has 0 aromatic rings. The Balaban J connectivity index is 0.000000410. The molecule has 0 spiro atoms. The van der Waals surface area contributed by atoms with Crippen LogP contribution in [0.4, 0.5) is 0 Å². The predicted octanol–water partition coefficient (Wildman–Crippen LogP) is -0.296. The van der Waals surface area contributed by atoms with Gasteiger partial charge in [0, 0.05) is 23.9 Å². The molecule has 0 radical (unpaired) electrons. The molecule has 0 aliphatic heterocycles. The molecule has 4 saturated carbocycles. The summed E-state index contributed by atoms with van der Waals surface area (Å²) in [6, 6.07) is 0. The summed E-state index contributed by atoms with van der Waals surface area (Å²) in [5.74, 6) is -3.95. The van der Waals surface area contributed by atoms with Crippen molar-refractivity contribution in [1.82, 2.24) is 0 Å². The summed E-state index contributed by atoms with van der Waals surface area (Å²) in [6.07, 6.45) is 15.2. The second-order valence-electron chi connectivity index (χ2n) is 9.20. The maximum atomic E-state index is 10.1. The summed E-state index contributed by atoms with van der Waals surface area (Å²) < 4.78 is 0. The summed E-state index contributed by atoms with van der Waals surface area (Å²) in [5, 5.41) is 40.4. The van der Waals surface area contributed by atoms with Gasteiger partial charge in [0.2, 0.25) is 0 Å². The van der Waals surface area contributed by atoms with Crippen molar-refractivity contribution < 1.29 is 65.8 Å². The number of hydrogen-bond acceptors (Lipinski definition) is 8. The molecule has 9 heteroatoms. The standard InChI is InChI=1S/4C6H10O2.Zr/c4*7-6(8)5-3-1-2-4-5;/h4*5H,1-4H2,(H,7,8);/q;;;;+4/p-4. The Hall–Kier alpha value is -1.24. The summed E-state index contributed by atoms with van der Waals surface area (Å²) in [5.41, 5.74) is 0. The van der Waals surface area contributed by atoms with Crippen LogP contribution in [-0.4, -0.2) is 23.9 Å². The summed E-state index contributed by atoms with van der Waals surface area (Å²) >= 11 is 0. The molecular formula is C24H36O8Zr. The van der Waals surface area contributed by atoms with E-state index in [-0.39, 0.29) is 49.9 Å². The van der Waals surface area contributed by atoms with E-state index < -0.39 is 23.9 Å². The molecule has 33 heavy (non-hydrogen) atoms. The van der Waals surface area contributed by atoms with Gasteiger partial charge in [-0.25, -0.2) is 0 Å². The Morgan fingerprint density at radius 2 is 0.485 bits per heavy atom. The number of carboxylic acids is 4. The zero-order chi connectivity index (χ0) is 23.9. The maximum absolute atomic E-state index is 10.1. The molecule has 0 aromatic carbocycles. The third-order valence-corrected chi connectivity index (χ3v) is 6.75. The molecule has 0 aromatic heterocycles. The van der Waals surface area contributed by atoms with E-state index in [2.05, 4.69) is 0 Å². The van der Waals surface area contributed by atoms with Gasteiger partial charge >= 0.3 is 26.2 Å². The van der Waals surface area contributed by atoms with Gasteiger partial charge in [-0.2, -0.15) is 0 Å². The molecule has 0 heterocycles. The van der Waals surface area contributed by atoms with Crippen LogP contribution in [-0.2, 0) is 45.4 Å². The normalized spacial score (nSPS) is 20.8. The van der Waals surface area contributed by atoms with E-state index in [1.807, 2.05) is 0 Å². The van der Waals surface area contributed by atoms with E-state index in [4.69, 9.17) is 0 Å². The quantitative estimate of drug-likeness (QED) is 0.467. The molecule has 0 atom stereocenters. The van der Waals surface area contributed by atoms with Crippen molar-refractivity contribution in [2.75, 3.05) is 0 Å². The van der Waals surface area contributed by atoms with E-state index in [9.17, 15) is 39.6 Å². The van der Waals surface area contributed by atoms with Crippen LogP contribution < -0.4 is 20.4 Å². The first-order chi connectivity index (χ1) is 15.2. The summed E-state index contributed by atoms with van der Waals surface area (Å²) in [6.45, 7) is 0. The first-order valence-corrected chi connectivity index (χ1v) is 12.1. The van der Waals surface area contributed by atoms with Gasteiger partial charge in [0.15, 0.2) is 0 Å². The largest absolute Gasteiger partial charge is 4.00 e. The molecule has 0 bridgehead atoms. The molecule has 8 nitrogen and oxygen atoms in total. The molecule has 0 unspecified atom stereocenters. The molecule has 4 rings (SSSR count). The first kappa shape index (κ1) is 31.8. The molecule has 0 saturated heterocycles. The average Bonchev–Trinajstić information content (AvgIpc) is 3.56. The van der Waals surface area contributed by atoms with Crippen molar-refractivity contribution in [2.24, 2.45) is 23.7 Å². The fourth-order valence-corrected chi connectivity index (χ4v) is 4.65. The van der Waals surface area contributed by atoms with E-state index in [0.29, 0.717) is 0 Å². The maximum Gasteiger partial charge on any atom is 4.00 e. The molecule has 0 amide bonds. The molecular weight excluding hydrogens is 507 g/mol. The summed E-state index contributed by atoms with van der Waals surface area (Å²) in [7, 11) is 0. The van der Waals surface area contributed by atoms with E-state index in [1.54, 1.807) is 0 Å². The van der Waals surface area contributed by atoms with Crippen LogP contribution in [0.25, 0.3) is 0 Å². The van der Waals surface area contributed by atoms with Gasteiger partial charge in [-0.3, -0.25) is 0 Å². The van der Waals surface area contributed by atoms with Gasteiger partial charge in [0.1, 0.15) is 0 Å². The number of carboxylic acid groups (broad SMARTS) is 4. The van der Waals surface area contributed by atoms with Crippen molar-refractivity contribution in [3.8, 4) is 0 Å². The van der Waals surface area contributed by atoms with Gasteiger partial charge < -0.3 is 39.6 Å². The van der Waals surface area contributed by atoms with Crippen molar-refractivity contribution in [2.45, 2.75) is 103 Å². The van der Waals surface area contributed by atoms with Crippen LogP contribution in [0.3, 0.4) is 0 Å². The zero-order valence-electron chi connectivity index (χ0n) is 19.4. The first-order valence-electron chi connectivity index (χ1n) is 12.1. The van der Waals surface area contributed by atoms with Crippen molar-refractivity contribution in [1.29, 1.82) is 0 Å². The number of carbonyl (C=O) groups excluding carboxylic acids is 4. The fraction of sp³-hybridized carbons (Fsp3) is 0.833. The minimum absolute atomic E-state index is 0. The van der Waals surface area contributed by atoms with Crippen LogP contribution in [0.2, 0.25) is 0 Å². The second-order valence-corrected chi connectivity index (χ2v) is 9.20. The van der Waals surface area contributed by atoms with E-state index in [0.717, 1.165) is 103 Å². The van der Waals surface area contributed by atoms with Gasteiger partial charge in [-0.15, -0.1) is 0 Å². The zero-order valence-corrected chi connectivity index (χ0v) is 21.8. The molecule has 4 aliphatic rings. The molecule has 4 fully saturated rings. The molecule has 0 N–H and O–H groups in total. The Morgan fingerprint density at radius 3 is 0.545 bits per heavy atom. The van der Waals surface area contributed by atoms with Gasteiger partial charge in [0.25, 0.3) is 0 Å². The number of hydrogen-bond donors (Lipinski definition) is 0. The second kappa shape index (κ2) is 18.1. The number of aliphatic carboxylic acids is 4. The van der Waals surface area contributed by atoms with Crippen molar-refractivity contribution in [3.63, 3.8) is 0 Å². The third kappa shape index (κ3) is 13.9. The minimum Gasteiger partial charge on any atom is -0.550 e. The average molecular weight is 544 g/mol.